The van der Waals surface area contributed by atoms with Crippen molar-refractivity contribution < 1.29 is 28.2 Å². The smallest absolute Gasteiger partial charge is 0.224 e. The molecule has 0 aliphatic heterocycles. The van der Waals surface area contributed by atoms with Crippen molar-refractivity contribution in [2.24, 2.45) is 11.7 Å². The molecule has 2 amide bonds. The van der Waals surface area contributed by atoms with Crippen molar-refractivity contribution in [1.82, 2.24) is 5.32 Å². The monoisotopic (exact) mass is 404 g/mol. The predicted octanol–water partition coefficient (Wildman–Crippen LogP) is 1.85. The van der Waals surface area contributed by atoms with Crippen LogP contribution >= 0.6 is 0 Å². The zero-order valence-corrected chi connectivity index (χ0v) is 16.7. The highest BCUT2D eigenvalue weighted by Gasteiger charge is 2.19. The van der Waals surface area contributed by atoms with Crippen molar-refractivity contribution in [2.75, 3.05) is 27.9 Å². The van der Waals surface area contributed by atoms with E-state index in [1.807, 2.05) is 0 Å². The molecular formula is C21H25FN2O5. The molecule has 0 aliphatic rings. The lowest BCUT2D eigenvalue weighted by Crippen LogP contribution is -2.37. The summed E-state index contributed by atoms with van der Waals surface area (Å²) in [7, 11) is 4.49. The number of ether oxygens (including phenoxy) is 3. The van der Waals surface area contributed by atoms with Gasteiger partial charge < -0.3 is 25.3 Å². The van der Waals surface area contributed by atoms with Gasteiger partial charge in [0.1, 0.15) is 5.82 Å². The highest BCUT2D eigenvalue weighted by atomic mass is 19.1. The molecule has 2 aromatic rings. The van der Waals surface area contributed by atoms with Crippen molar-refractivity contribution in [2.45, 2.75) is 12.8 Å². The Kier molecular flexibility index (Phi) is 7.82. The first kappa shape index (κ1) is 22.0. The Labute approximate surface area is 168 Å². The van der Waals surface area contributed by atoms with Gasteiger partial charge in [-0.1, -0.05) is 12.1 Å². The standard InChI is InChI=1S/C21H25FN2O5/c1-27-17-9-14(10-18(28-2)20(17)29-3)11-19(25)24-12-15(21(23)26)8-13-4-6-16(22)7-5-13/h4-7,9-10,15H,8,11-12H2,1-3H3,(H2,23,26)(H,24,25). The third-order valence-electron chi connectivity index (χ3n) is 4.43. The van der Waals surface area contributed by atoms with Gasteiger partial charge in [-0.3, -0.25) is 9.59 Å². The molecule has 8 heteroatoms. The van der Waals surface area contributed by atoms with Crippen LogP contribution in [0.2, 0.25) is 0 Å². The number of rotatable bonds is 10. The summed E-state index contributed by atoms with van der Waals surface area (Å²) in [4.78, 5) is 24.1. The van der Waals surface area contributed by atoms with E-state index in [0.717, 1.165) is 5.56 Å². The van der Waals surface area contributed by atoms with E-state index < -0.39 is 11.8 Å². The normalized spacial score (nSPS) is 11.4. The number of benzene rings is 2. The van der Waals surface area contributed by atoms with E-state index >= 15 is 0 Å². The highest BCUT2D eigenvalue weighted by molar-refractivity contribution is 5.81. The van der Waals surface area contributed by atoms with Gasteiger partial charge in [0.2, 0.25) is 17.6 Å². The Hall–Kier alpha value is -3.29. The maximum atomic E-state index is 13.0. The summed E-state index contributed by atoms with van der Waals surface area (Å²) in [5, 5.41) is 2.72. The molecule has 2 aromatic carbocycles. The van der Waals surface area contributed by atoms with Gasteiger partial charge in [-0.2, -0.15) is 0 Å². The lowest BCUT2D eigenvalue weighted by molar-refractivity contribution is -0.123. The van der Waals surface area contributed by atoms with Crippen LogP contribution in [0, 0.1) is 11.7 Å². The number of amides is 2. The minimum absolute atomic E-state index is 0.0543. The molecule has 0 heterocycles. The second kappa shape index (κ2) is 10.3. The Bertz CT molecular complexity index is 830. The van der Waals surface area contributed by atoms with E-state index in [4.69, 9.17) is 19.9 Å². The summed E-state index contributed by atoms with van der Waals surface area (Å²) in [5.74, 6) is -0.464. The SMILES string of the molecule is COc1cc(CC(=O)NCC(Cc2ccc(F)cc2)C(N)=O)cc(OC)c1OC. The molecule has 0 aromatic heterocycles. The largest absolute Gasteiger partial charge is 0.493 e. The minimum atomic E-state index is -0.607. The van der Waals surface area contributed by atoms with Crippen LogP contribution in [0.3, 0.4) is 0 Å². The summed E-state index contributed by atoms with van der Waals surface area (Å²) in [6.07, 6.45) is 0.360. The molecule has 0 radical (unpaired) electrons. The fourth-order valence-corrected chi connectivity index (χ4v) is 2.90. The maximum Gasteiger partial charge on any atom is 0.224 e. The summed E-state index contributed by atoms with van der Waals surface area (Å²) in [5.41, 5.74) is 6.87. The average Bonchev–Trinajstić information content (AvgIpc) is 2.71. The highest BCUT2D eigenvalue weighted by Crippen LogP contribution is 2.38. The van der Waals surface area contributed by atoms with E-state index in [1.54, 1.807) is 24.3 Å². The molecule has 0 spiro atoms. The topological polar surface area (TPSA) is 99.9 Å². The molecule has 0 aliphatic carbocycles. The fraction of sp³-hybridized carbons (Fsp3) is 0.333. The van der Waals surface area contributed by atoms with Crippen LogP contribution in [-0.4, -0.2) is 39.7 Å². The number of hydrogen-bond donors (Lipinski definition) is 2. The van der Waals surface area contributed by atoms with Crippen LogP contribution in [0.5, 0.6) is 17.2 Å². The summed E-state index contributed by atoms with van der Waals surface area (Å²) in [6.45, 7) is 0.0793. The first-order valence-electron chi connectivity index (χ1n) is 8.97. The molecule has 0 fully saturated rings. The maximum absolute atomic E-state index is 13.0. The van der Waals surface area contributed by atoms with Gasteiger partial charge in [-0.15, -0.1) is 0 Å². The van der Waals surface area contributed by atoms with Crippen LogP contribution in [0.15, 0.2) is 36.4 Å². The fourth-order valence-electron chi connectivity index (χ4n) is 2.90. The molecule has 1 unspecified atom stereocenters. The molecule has 0 saturated carbocycles. The van der Waals surface area contributed by atoms with Gasteiger partial charge in [0, 0.05) is 6.54 Å². The first-order chi connectivity index (χ1) is 13.9. The zero-order valence-electron chi connectivity index (χ0n) is 16.7. The lowest BCUT2D eigenvalue weighted by Gasteiger charge is -2.16. The number of halogens is 1. The van der Waals surface area contributed by atoms with Crippen LogP contribution in [0.4, 0.5) is 4.39 Å². The molecule has 0 saturated heterocycles. The second-order valence-corrected chi connectivity index (χ2v) is 6.44. The van der Waals surface area contributed by atoms with Gasteiger partial charge in [0.25, 0.3) is 0 Å². The number of primary amides is 1. The summed E-state index contributed by atoms with van der Waals surface area (Å²) >= 11 is 0. The molecule has 2 rings (SSSR count). The quantitative estimate of drug-likeness (QED) is 0.630. The molecule has 7 nitrogen and oxygen atoms in total. The van der Waals surface area contributed by atoms with Crippen LogP contribution in [0.1, 0.15) is 11.1 Å². The van der Waals surface area contributed by atoms with E-state index in [9.17, 15) is 14.0 Å². The van der Waals surface area contributed by atoms with Gasteiger partial charge >= 0.3 is 0 Å². The molecule has 156 valence electrons. The first-order valence-corrected chi connectivity index (χ1v) is 8.97. The Balaban J connectivity index is 2.02. The lowest BCUT2D eigenvalue weighted by atomic mass is 9.98. The van der Waals surface area contributed by atoms with Gasteiger partial charge in [0.15, 0.2) is 11.5 Å². The summed E-state index contributed by atoms with van der Waals surface area (Å²) in [6, 6.07) is 9.18. The third-order valence-corrected chi connectivity index (χ3v) is 4.43. The van der Waals surface area contributed by atoms with Crippen molar-refractivity contribution in [3.63, 3.8) is 0 Å². The Morgan fingerprint density at radius 1 is 1.00 bits per heavy atom. The van der Waals surface area contributed by atoms with Crippen LogP contribution < -0.4 is 25.3 Å². The molecule has 29 heavy (non-hydrogen) atoms. The van der Waals surface area contributed by atoms with Crippen molar-refractivity contribution in [3.8, 4) is 17.2 Å². The number of methoxy groups -OCH3 is 3. The number of nitrogens with one attached hydrogen (secondary N) is 1. The number of carbonyl (C=O) groups excluding carboxylic acids is 2. The number of carbonyl (C=O) groups is 2. The van der Waals surface area contributed by atoms with E-state index in [2.05, 4.69) is 5.32 Å². The molecular weight excluding hydrogens is 379 g/mol. The van der Waals surface area contributed by atoms with Crippen molar-refractivity contribution >= 4 is 11.8 Å². The van der Waals surface area contributed by atoms with Gasteiger partial charge in [-0.05, 0) is 41.8 Å². The van der Waals surface area contributed by atoms with Crippen LogP contribution in [0.25, 0.3) is 0 Å². The van der Waals surface area contributed by atoms with Crippen LogP contribution in [-0.2, 0) is 22.4 Å². The average molecular weight is 404 g/mol. The minimum Gasteiger partial charge on any atom is -0.493 e. The predicted molar refractivity (Wildman–Crippen MR) is 106 cm³/mol. The van der Waals surface area contributed by atoms with Gasteiger partial charge in [0.05, 0.1) is 33.7 Å². The molecule has 3 N–H and O–H groups in total. The van der Waals surface area contributed by atoms with E-state index in [1.165, 1.54) is 33.5 Å². The zero-order chi connectivity index (χ0) is 21.4. The van der Waals surface area contributed by atoms with Gasteiger partial charge in [-0.25, -0.2) is 4.39 Å². The number of nitrogens with two attached hydrogens (primary N) is 1. The van der Waals surface area contributed by atoms with E-state index in [0.29, 0.717) is 29.2 Å². The van der Waals surface area contributed by atoms with E-state index in [-0.39, 0.29) is 24.7 Å². The third kappa shape index (κ3) is 6.10. The van der Waals surface area contributed by atoms with Crippen molar-refractivity contribution in [1.29, 1.82) is 0 Å². The molecule has 0 bridgehead atoms. The van der Waals surface area contributed by atoms with Crippen molar-refractivity contribution in [3.05, 3.63) is 53.3 Å². The second-order valence-electron chi connectivity index (χ2n) is 6.44. The summed E-state index contributed by atoms with van der Waals surface area (Å²) < 4.78 is 28.8. The molecule has 1 atom stereocenters. The number of hydrogen-bond acceptors (Lipinski definition) is 5. The Morgan fingerprint density at radius 2 is 1.59 bits per heavy atom. The Morgan fingerprint density at radius 3 is 2.07 bits per heavy atom.